The summed E-state index contributed by atoms with van der Waals surface area (Å²) in [6.07, 6.45) is 1.29. The van der Waals surface area contributed by atoms with Crippen molar-refractivity contribution in [2.24, 2.45) is 16.9 Å². The Morgan fingerprint density at radius 3 is 2.26 bits per heavy atom. The minimum Gasteiger partial charge on any atom is -0.384 e. The van der Waals surface area contributed by atoms with Gasteiger partial charge < -0.3 is 11.5 Å². The van der Waals surface area contributed by atoms with Gasteiger partial charge >= 0.3 is 0 Å². The minimum absolute atomic E-state index is 0.0408. The zero-order chi connectivity index (χ0) is 14.6. The van der Waals surface area contributed by atoms with Crippen molar-refractivity contribution in [1.29, 1.82) is 5.41 Å². The van der Waals surface area contributed by atoms with Crippen molar-refractivity contribution in [2.75, 3.05) is 0 Å². The van der Waals surface area contributed by atoms with E-state index in [-0.39, 0.29) is 17.0 Å². The zero-order valence-corrected chi connectivity index (χ0v) is 11.9. The fourth-order valence-corrected chi connectivity index (χ4v) is 1.84. The molecule has 0 spiro atoms. The van der Waals surface area contributed by atoms with Gasteiger partial charge in [0.2, 0.25) is 0 Å². The number of nitrogen functional groups attached to an aromatic ring is 1. The Kier molecular flexibility index (Phi) is 4.84. The fourth-order valence-electron chi connectivity index (χ4n) is 1.84. The molecule has 0 radical (unpaired) electrons. The highest BCUT2D eigenvalue weighted by molar-refractivity contribution is 5.95. The van der Waals surface area contributed by atoms with Gasteiger partial charge in [0, 0.05) is 11.0 Å². The molecule has 5 N–H and O–H groups in total. The van der Waals surface area contributed by atoms with Gasteiger partial charge in [-0.3, -0.25) is 10.2 Å². The summed E-state index contributed by atoms with van der Waals surface area (Å²) in [4.78, 5) is 12.2. The molecule has 19 heavy (non-hydrogen) atoms. The number of ketones is 1. The van der Waals surface area contributed by atoms with Crippen molar-refractivity contribution < 1.29 is 4.79 Å². The summed E-state index contributed by atoms with van der Waals surface area (Å²) < 4.78 is 0. The Labute approximate surface area is 114 Å². The van der Waals surface area contributed by atoms with Crippen LogP contribution in [0.4, 0.5) is 0 Å². The number of hydrogen-bond acceptors (Lipinski definition) is 3. The monoisotopic (exact) mass is 261 g/mol. The molecule has 1 aromatic carbocycles. The van der Waals surface area contributed by atoms with E-state index in [1.807, 2.05) is 32.9 Å². The molecule has 0 amide bonds. The van der Waals surface area contributed by atoms with Crippen LogP contribution >= 0.6 is 0 Å². The number of carbonyl (C=O) groups excluding carboxylic acids is 1. The topological polar surface area (TPSA) is 93.0 Å². The van der Waals surface area contributed by atoms with Crippen molar-refractivity contribution in [2.45, 2.75) is 39.7 Å². The van der Waals surface area contributed by atoms with Crippen molar-refractivity contribution in [1.82, 2.24) is 0 Å². The second-order valence-electron chi connectivity index (χ2n) is 5.52. The van der Waals surface area contributed by atoms with Crippen LogP contribution in [0, 0.1) is 10.8 Å². The van der Waals surface area contributed by atoms with Crippen LogP contribution in [0.25, 0.3) is 0 Å². The maximum atomic E-state index is 12.2. The van der Waals surface area contributed by atoms with Crippen LogP contribution < -0.4 is 11.5 Å². The number of hydrogen-bond donors (Lipinski definition) is 3. The molecule has 0 aromatic heterocycles. The van der Waals surface area contributed by atoms with E-state index >= 15 is 0 Å². The van der Waals surface area contributed by atoms with Crippen LogP contribution in [0.2, 0.25) is 0 Å². The molecule has 4 heteroatoms. The van der Waals surface area contributed by atoms with E-state index < -0.39 is 6.04 Å². The Hall–Kier alpha value is -1.68. The molecular weight excluding hydrogens is 238 g/mol. The Morgan fingerprint density at radius 2 is 1.84 bits per heavy atom. The zero-order valence-electron chi connectivity index (χ0n) is 11.9. The van der Waals surface area contributed by atoms with E-state index in [0.29, 0.717) is 12.0 Å². The van der Waals surface area contributed by atoms with E-state index in [1.165, 1.54) is 0 Å². The van der Waals surface area contributed by atoms with Gasteiger partial charge in [0.15, 0.2) is 5.78 Å². The maximum Gasteiger partial charge on any atom is 0.155 e. The van der Waals surface area contributed by atoms with Crippen molar-refractivity contribution >= 4 is 11.6 Å². The second kappa shape index (κ2) is 5.97. The summed E-state index contributed by atoms with van der Waals surface area (Å²) in [6, 6.07) is 6.80. The van der Waals surface area contributed by atoms with Crippen LogP contribution in [-0.2, 0) is 11.2 Å². The number of carbonyl (C=O) groups is 1. The lowest BCUT2D eigenvalue weighted by Crippen LogP contribution is -2.41. The van der Waals surface area contributed by atoms with Gasteiger partial charge in [-0.25, -0.2) is 0 Å². The molecule has 4 nitrogen and oxygen atoms in total. The molecule has 0 aliphatic carbocycles. The van der Waals surface area contributed by atoms with Crippen LogP contribution in [0.1, 0.15) is 38.3 Å². The number of nitrogens with two attached hydrogens (primary N) is 2. The molecular formula is C15H23N3O. The Bertz CT molecular complexity index is 463. The van der Waals surface area contributed by atoms with Gasteiger partial charge in [-0.05, 0) is 18.4 Å². The molecule has 1 rings (SSSR count). The summed E-state index contributed by atoms with van der Waals surface area (Å²) in [6.45, 7) is 5.84. The van der Waals surface area contributed by atoms with Crippen molar-refractivity contribution in [3.63, 3.8) is 0 Å². The van der Waals surface area contributed by atoms with Gasteiger partial charge in [0.1, 0.15) is 5.84 Å². The van der Waals surface area contributed by atoms with E-state index in [9.17, 15) is 4.79 Å². The first-order valence-electron chi connectivity index (χ1n) is 6.51. The predicted octanol–water partition coefficient (Wildman–Crippen LogP) is 1.85. The smallest absolute Gasteiger partial charge is 0.155 e. The van der Waals surface area contributed by atoms with Gasteiger partial charge in [-0.1, -0.05) is 45.0 Å². The van der Waals surface area contributed by atoms with E-state index in [4.69, 9.17) is 16.9 Å². The first-order valence-corrected chi connectivity index (χ1v) is 6.51. The molecule has 0 heterocycles. The summed E-state index contributed by atoms with van der Waals surface area (Å²) in [7, 11) is 0. The summed E-state index contributed by atoms with van der Waals surface area (Å²) in [5.41, 5.74) is 12.7. The Morgan fingerprint density at radius 1 is 1.32 bits per heavy atom. The lowest BCUT2D eigenvalue weighted by molar-refractivity contribution is -0.128. The maximum absolute atomic E-state index is 12.2. The first-order chi connectivity index (χ1) is 8.77. The quantitative estimate of drug-likeness (QED) is 0.539. The summed E-state index contributed by atoms with van der Waals surface area (Å²) in [5.74, 6) is 0.129. The predicted molar refractivity (Wildman–Crippen MR) is 78.2 cm³/mol. The van der Waals surface area contributed by atoms with Crippen LogP contribution in [0.5, 0.6) is 0 Å². The molecule has 1 aromatic rings. The van der Waals surface area contributed by atoms with Crippen molar-refractivity contribution in [3.05, 3.63) is 35.4 Å². The largest absolute Gasteiger partial charge is 0.384 e. The molecule has 0 aliphatic heterocycles. The molecule has 1 unspecified atom stereocenters. The number of amidine groups is 1. The SMILES string of the molecule is CCC(C)(C)C(=O)C(N)Cc1ccc(C(=N)N)cc1. The standard InChI is InChI=1S/C15H23N3O/c1-4-15(2,3)13(19)12(16)9-10-5-7-11(8-6-10)14(17)18/h5-8,12H,4,9,16H2,1-3H3,(H3,17,18). The number of nitrogens with one attached hydrogen (secondary N) is 1. The molecule has 0 bridgehead atoms. The van der Waals surface area contributed by atoms with Gasteiger partial charge in [-0.2, -0.15) is 0 Å². The fraction of sp³-hybridized carbons (Fsp3) is 0.467. The number of Topliss-reactive ketones (excluding diaryl/α,β-unsaturated/α-hetero) is 1. The lowest BCUT2D eigenvalue weighted by Gasteiger charge is -2.25. The third kappa shape index (κ3) is 3.89. The normalized spacial score (nSPS) is 13.1. The van der Waals surface area contributed by atoms with Crippen molar-refractivity contribution in [3.8, 4) is 0 Å². The van der Waals surface area contributed by atoms with E-state index in [1.54, 1.807) is 12.1 Å². The van der Waals surface area contributed by atoms with E-state index in [2.05, 4.69) is 0 Å². The molecule has 0 saturated heterocycles. The van der Waals surface area contributed by atoms with Gasteiger partial charge in [0.05, 0.1) is 6.04 Å². The van der Waals surface area contributed by atoms with Crippen LogP contribution in [-0.4, -0.2) is 17.7 Å². The summed E-state index contributed by atoms with van der Waals surface area (Å²) in [5, 5.41) is 7.32. The third-order valence-corrected chi connectivity index (χ3v) is 3.61. The van der Waals surface area contributed by atoms with Crippen LogP contribution in [0.3, 0.4) is 0 Å². The van der Waals surface area contributed by atoms with Gasteiger partial charge in [-0.15, -0.1) is 0 Å². The van der Waals surface area contributed by atoms with E-state index in [0.717, 1.165) is 12.0 Å². The van der Waals surface area contributed by atoms with Gasteiger partial charge in [0.25, 0.3) is 0 Å². The number of benzene rings is 1. The number of rotatable bonds is 6. The first kappa shape index (κ1) is 15.4. The van der Waals surface area contributed by atoms with Crippen LogP contribution in [0.15, 0.2) is 24.3 Å². The average Bonchev–Trinajstić information content (AvgIpc) is 2.38. The average molecular weight is 261 g/mol. The molecule has 0 saturated carbocycles. The molecule has 104 valence electrons. The Balaban J connectivity index is 2.74. The molecule has 0 aliphatic rings. The molecule has 1 atom stereocenters. The highest BCUT2D eigenvalue weighted by Gasteiger charge is 2.29. The summed E-state index contributed by atoms with van der Waals surface area (Å²) >= 11 is 0. The molecule has 0 fully saturated rings. The lowest BCUT2D eigenvalue weighted by atomic mass is 9.80. The highest BCUT2D eigenvalue weighted by atomic mass is 16.1. The second-order valence-corrected chi connectivity index (χ2v) is 5.52. The minimum atomic E-state index is -0.488. The highest BCUT2D eigenvalue weighted by Crippen LogP contribution is 2.23. The third-order valence-electron chi connectivity index (χ3n) is 3.61.